The zero-order valence-corrected chi connectivity index (χ0v) is 7.01. The van der Waals surface area contributed by atoms with Gasteiger partial charge in [-0.25, -0.2) is 0 Å². The highest BCUT2D eigenvalue weighted by Crippen LogP contribution is 2.16. The minimum Gasteiger partial charge on any atom is -0.328 e. The molecule has 0 bridgehead atoms. The molecule has 1 rings (SSSR count). The molecule has 1 saturated heterocycles. The molecule has 0 unspecified atom stereocenters. The van der Waals surface area contributed by atoms with Gasteiger partial charge in [-0.1, -0.05) is 6.92 Å². The fourth-order valence-electron chi connectivity index (χ4n) is 1.68. The van der Waals surface area contributed by atoms with E-state index in [1.807, 2.05) is 0 Å². The Bertz CT molecular complexity index is 103. The van der Waals surface area contributed by atoms with Crippen molar-refractivity contribution in [3.05, 3.63) is 0 Å². The third-order valence-electron chi connectivity index (χ3n) is 2.52. The van der Waals surface area contributed by atoms with Crippen LogP contribution in [-0.4, -0.2) is 30.6 Å². The van der Waals surface area contributed by atoms with Crippen molar-refractivity contribution in [2.45, 2.75) is 38.3 Å². The summed E-state index contributed by atoms with van der Waals surface area (Å²) in [7, 11) is 2.19. The van der Waals surface area contributed by atoms with Crippen LogP contribution < -0.4 is 5.73 Å². The van der Waals surface area contributed by atoms with Crippen molar-refractivity contribution in [3.63, 3.8) is 0 Å². The minimum atomic E-state index is 0.459. The van der Waals surface area contributed by atoms with E-state index in [2.05, 4.69) is 18.9 Å². The highest BCUT2D eigenvalue weighted by atomic mass is 15.1. The normalized spacial score (nSPS) is 36.3. The third kappa shape index (κ3) is 1.70. The van der Waals surface area contributed by atoms with Crippen molar-refractivity contribution < 1.29 is 0 Å². The minimum absolute atomic E-state index is 0.459. The van der Waals surface area contributed by atoms with Crippen molar-refractivity contribution >= 4 is 0 Å². The predicted octanol–water partition coefficient (Wildman–Crippen LogP) is 0.818. The van der Waals surface area contributed by atoms with Crippen molar-refractivity contribution in [1.82, 2.24) is 4.90 Å². The summed E-state index contributed by atoms with van der Waals surface area (Å²) >= 11 is 0. The molecule has 1 fully saturated rings. The van der Waals surface area contributed by atoms with Gasteiger partial charge >= 0.3 is 0 Å². The summed E-state index contributed by atoms with van der Waals surface area (Å²) in [5.41, 5.74) is 5.84. The fraction of sp³-hybridized carbons (Fsp3) is 1.00. The monoisotopic (exact) mass is 142 g/mol. The van der Waals surface area contributed by atoms with E-state index in [1.165, 1.54) is 25.8 Å². The second-order valence-corrected chi connectivity index (χ2v) is 3.33. The number of piperidine rings is 1. The molecular formula is C8H18N2. The van der Waals surface area contributed by atoms with Gasteiger partial charge in [-0.15, -0.1) is 0 Å². The number of likely N-dealkylation sites (tertiary alicyclic amines) is 1. The van der Waals surface area contributed by atoms with Crippen LogP contribution in [0.25, 0.3) is 0 Å². The second-order valence-electron chi connectivity index (χ2n) is 3.33. The van der Waals surface area contributed by atoms with E-state index < -0.39 is 0 Å². The maximum atomic E-state index is 5.84. The highest BCUT2D eigenvalue weighted by molar-refractivity contribution is 4.80. The van der Waals surface area contributed by atoms with Crippen LogP contribution >= 0.6 is 0 Å². The molecule has 10 heavy (non-hydrogen) atoms. The van der Waals surface area contributed by atoms with Crippen molar-refractivity contribution in [2.75, 3.05) is 13.6 Å². The van der Waals surface area contributed by atoms with Gasteiger partial charge in [-0.05, 0) is 32.9 Å². The predicted molar refractivity (Wildman–Crippen MR) is 43.9 cm³/mol. The molecule has 60 valence electrons. The molecule has 0 aliphatic carbocycles. The summed E-state index contributed by atoms with van der Waals surface area (Å²) in [6.07, 6.45) is 3.60. The van der Waals surface area contributed by atoms with Crippen LogP contribution in [0.4, 0.5) is 0 Å². The summed E-state index contributed by atoms with van der Waals surface area (Å²) in [5, 5.41) is 0. The van der Waals surface area contributed by atoms with Gasteiger partial charge in [0, 0.05) is 12.1 Å². The van der Waals surface area contributed by atoms with E-state index in [1.54, 1.807) is 0 Å². The molecular weight excluding hydrogens is 124 g/mol. The van der Waals surface area contributed by atoms with Crippen molar-refractivity contribution in [1.29, 1.82) is 0 Å². The van der Waals surface area contributed by atoms with Crippen molar-refractivity contribution in [3.8, 4) is 0 Å². The van der Waals surface area contributed by atoms with Crippen LogP contribution in [0.15, 0.2) is 0 Å². The first-order chi connectivity index (χ1) is 4.74. The van der Waals surface area contributed by atoms with Crippen LogP contribution in [0, 0.1) is 0 Å². The summed E-state index contributed by atoms with van der Waals surface area (Å²) in [6, 6.07) is 1.20. The summed E-state index contributed by atoms with van der Waals surface area (Å²) < 4.78 is 0. The third-order valence-corrected chi connectivity index (χ3v) is 2.52. The molecule has 0 aromatic rings. The topological polar surface area (TPSA) is 29.3 Å². The Balaban J connectivity index is 2.38. The van der Waals surface area contributed by atoms with E-state index in [9.17, 15) is 0 Å². The molecule has 0 radical (unpaired) electrons. The Morgan fingerprint density at radius 2 is 2.30 bits per heavy atom. The smallest absolute Gasteiger partial charge is 0.0104 e. The van der Waals surface area contributed by atoms with Gasteiger partial charge in [0.05, 0.1) is 0 Å². The number of hydrogen-bond donors (Lipinski definition) is 1. The van der Waals surface area contributed by atoms with Gasteiger partial charge in [-0.2, -0.15) is 0 Å². The van der Waals surface area contributed by atoms with E-state index in [0.29, 0.717) is 6.04 Å². The zero-order chi connectivity index (χ0) is 7.56. The zero-order valence-electron chi connectivity index (χ0n) is 7.01. The Kier molecular flexibility index (Phi) is 2.69. The highest BCUT2D eigenvalue weighted by Gasteiger charge is 2.21. The lowest BCUT2D eigenvalue weighted by Crippen LogP contribution is -2.44. The molecule has 2 heteroatoms. The fourth-order valence-corrected chi connectivity index (χ4v) is 1.68. The number of rotatable bonds is 1. The molecule has 1 aliphatic rings. The van der Waals surface area contributed by atoms with E-state index in [-0.39, 0.29) is 0 Å². The first-order valence-electron chi connectivity index (χ1n) is 4.20. The SMILES string of the molecule is CC[C@H]1C[C@H](N)CCN1C. The summed E-state index contributed by atoms with van der Waals surface area (Å²) in [6.45, 7) is 3.42. The Morgan fingerprint density at radius 1 is 1.60 bits per heavy atom. The average molecular weight is 142 g/mol. The van der Waals surface area contributed by atoms with E-state index in [4.69, 9.17) is 5.73 Å². The van der Waals surface area contributed by atoms with Crippen LogP contribution in [0.3, 0.4) is 0 Å². The molecule has 0 saturated carbocycles. The maximum absolute atomic E-state index is 5.84. The Hall–Kier alpha value is -0.0800. The van der Waals surface area contributed by atoms with Gasteiger partial charge < -0.3 is 10.6 Å². The Morgan fingerprint density at radius 3 is 2.80 bits per heavy atom. The molecule has 0 spiro atoms. The quantitative estimate of drug-likeness (QED) is 0.587. The van der Waals surface area contributed by atoms with Gasteiger partial charge in [0.2, 0.25) is 0 Å². The second kappa shape index (κ2) is 3.35. The molecule has 2 N–H and O–H groups in total. The van der Waals surface area contributed by atoms with Gasteiger partial charge in [-0.3, -0.25) is 0 Å². The average Bonchev–Trinajstić information content (AvgIpc) is 1.94. The number of hydrogen-bond acceptors (Lipinski definition) is 2. The van der Waals surface area contributed by atoms with Crippen LogP contribution in [-0.2, 0) is 0 Å². The Labute approximate surface area is 63.4 Å². The molecule has 2 atom stereocenters. The van der Waals surface area contributed by atoms with Gasteiger partial charge in [0.1, 0.15) is 0 Å². The van der Waals surface area contributed by atoms with Crippen LogP contribution in [0.1, 0.15) is 26.2 Å². The first kappa shape index (κ1) is 8.02. The lowest BCUT2D eigenvalue weighted by molar-refractivity contribution is 0.166. The molecule has 2 nitrogen and oxygen atoms in total. The van der Waals surface area contributed by atoms with Crippen LogP contribution in [0.5, 0.6) is 0 Å². The van der Waals surface area contributed by atoms with Gasteiger partial charge in [0.25, 0.3) is 0 Å². The molecule has 0 aromatic carbocycles. The largest absolute Gasteiger partial charge is 0.328 e. The molecule has 0 aromatic heterocycles. The maximum Gasteiger partial charge on any atom is 0.0104 e. The van der Waals surface area contributed by atoms with Crippen LogP contribution in [0.2, 0.25) is 0 Å². The van der Waals surface area contributed by atoms with E-state index in [0.717, 1.165) is 6.04 Å². The molecule has 0 amide bonds. The summed E-state index contributed by atoms with van der Waals surface area (Å²) in [4.78, 5) is 2.42. The lowest BCUT2D eigenvalue weighted by Gasteiger charge is -2.34. The van der Waals surface area contributed by atoms with Gasteiger partial charge in [0.15, 0.2) is 0 Å². The first-order valence-corrected chi connectivity index (χ1v) is 4.20. The van der Waals surface area contributed by atoms with E-state index >= 15 is 0 Å². The number of nitrogens with zero attached hydrogens (tertiary/aromatic N) is 1. The lowest BCUT2D eigenvalue weighted by atomic mass is 9.97. The molecule has 1 heterocycles. The van der Waals surface area contributed by atoms with Crippen molar-refractivity contribution in [2.24, 2.45) is 5.73 Å². The molecule has 1 aliphatic heterocycles. The standard InChI is InChI=1S/C8H18N2/c1-3-8-6-7(9)4-5-10(8)2/h7-8H,3-6,9H2,1-2H3/t7-,8+/m1/s1. The summed E-state index contributed by atoms with van der Waals surface area (Å²) in [5.74, 6) is 0. The number of nitrogens with two attached hydrogens (primary N) is 1.